The molecule has 102 valence electrons. The lowest BCUT2D eigenvalue weighted by molar-refractivity contribution is -0.119. The van der Waals surface area contributed by atoms with E-state index >= 15 is 0 Å². The maximum Gasteiger partial charge on any atom is 0.163 e. The van der Waals surface area contributed by atoms with Crippen LogP contribution in [0.4, 0.5) is 5.69 Å². The summed E-state index contributed by atoms with van der Waals surface area (Å²) in [6.07, 6.45) is 4.85. The van der Waals surface area contributed by atoms with Crippen LogP contribution in [-0.2, 0) is 4.79 Å². The number of nitrogens with one attached hydrogen (secondary N) is 1. The molecule has 1 atom stereocenters. The second-order valence-electron chi connectivity index (χ2n) is 4.93. The molecule has 1 aromatic rings. The number of allylic oxidation sites excluding steroid dienone is 1. The van der Waals surface area contributed by atoms with Gasteiger partial charge in [-0.25, -0.2) is 0 Å². The minimum Gasteiger partial charge on any atom is -0.494 e. The molecule has 0 aromatic heterocycles. The highest BCUT2D eigenvalue weighted by atomic mass is 16.5. The van der Waals surface area contributed by atoms with Crippen LogP contribution in [-0.4, -0.2) is 12.4 Å². The van der Waals surface area contributed by atoms with Gasteiger partial charge in [0.05, 0.1) is 6.61 Å². The number of carbonyl (C=O) groups is 1. The standard InChI is InChI=1S/C16H21NO2/c1-3-19-15-9-7-14(8-10-15)17-11-13-6-4-5-12(2)16(13)18/h7-12,17H,3-6H2,1-2H3/b13-11-/t12-/m1/s1. The van der Waals surface area contributed by atoms with Crippen LogP contribution in [0.5, 0.6) is 5.75 Å². The maximum atomic E-state index is 12.0. The molecule has 0 bridgehead atoms. The summed E-state index contributed by atoms with van der Waals surface area (Å²) < 4.78 is 5.39. The molecule has 3 heteroatoms. The van der Waals surface area contributed by atoms with E-state index in [2.05, 4.69) is 5.32 Å². The maximum absolute atomic E-state index is 12.0. The number of anilines is 1. The Balaban J connectivity index is 1.99. The summed E-state index contributed by atoms with van der Waals surface area (Å²) in [4.78, 5) is 12.0. The fourth-order valence-electron chi connectivity index (χ4n) is 2.30. The van der Waals surface area contributed by atoms with Crippen molar-refractivity contribution in [1.82, 2.24) is 0 Å². The van der Waals surface area contributed by atoms with Gasteiger partial charge in [-0.3, -0.25) is 4.79 Å². The molecule has 3 nitrogen and oxygen atoms in total. The highest BCUT2D eigenvalue weighted by Gasteiger charge is 2.22. The van der Waals surface area contributed by atoms with E-state index in [0.717, 1.165) is 36.3 Å². The predicted molar refractivity (Wildman–Crippen MR) is 77.3 cm³/mol. The number of ether oxygens (including phenoxy) is 1. The van der Waals surface area contributed by atoms with E-state index < -0.39 is 0 Å². The largest absolute Gasteiger partial charge is 0.494 e. The Morgan fingerprint density at radius 3 is 2.79 bits per heavy atom. The third-order valence-corrected chi connectivity index (χ3v) is 3.43. The number of carbonyl (C=O) groups excluding carboxylic acids is 1. The van der Waals surface area contributed by atoms with Gasteiger partial charge in [0.2, 0.25) is 0 Å². The second kappa shape index (κ2) is 6.41. The number of hydrogen-bond acceptors (Lipinski definition) is 3. The fraction of sp³-hybridized carbons (Fsp3) is 0.438. The van der Waals surface area contributed by atoms with Gasteiger partial charge in [-0.2, -0.15) is 0 Å². The quantitative estimate of drug-likeness (QED) is 0.836. The molecule has 1 N–H and O–H groups in total. The summed E-state index contributed by atoms with van der Waals surface area (Å²) >= 11 is 0. The number of ketones is 1. The van der Waals surface area contributed by atoms with Crippen LogP contribution < -0.4 is 10.1 Å². The zero-order chi connectivity index (χ0) is 13.7. The molecular formula is C16H21NO2. The zero-order valence-corrected chi connectivity index (χ0v) is 11.6. The van der Waals surface area contributed by atoms with E-state index in [-0.39, 0.29) is 11.7 Å². The molecule has 0 amide bonds. The lowest BCUT2D eigenvalue weighted by atomic mass is 9.86. The van der Waals surface area contributed by atoms with Crippen LogP contribution >= 0.6 is 0 Å². The van der Waals surface area contributed by atoms with Gasteiger partial charge in [0, 0.05) is 23.4 Å². The van der Waals surface area contributed by atoms with Gasteiger partial charge in [-0.15, -0.1) is 0 Å². The fourth-order valence-corrected chi connectivity index (χ4v) is 2.30. The van der Waals surface area contributed by atoms with E-state index in [4.69, 9.17) is 4.74 Å². The van der Waals surface area contributed by atoms with Gasteiger partial charge in [0.25, 0.3) is 0 Å². The van der Waals surface area contributed by atoms with Crippen molar-refractivity contribution >= 4 is 11.5 Å². The number of rotatable bonds is 4. The molecule has 0 saturated heterocycles. The molecule has 1 aliphatic carbocycles. The van der Waals surface area contributed by atoms with Gasteiger partial charge in [0.1, 0.15) is 5.75 Å². The van der Waals surface area contributed by atoms with E-state index in [1.54, 1.807) is 0 Å². The Hall–Kier alpha value is -1.77. The number of benzene rings is 1. The topological polar surface area (TPSA) is 38.3 Å². The molecule has 0 spiro atoms. The number of Topliss-reactive ketones (excluding diaryl/α,β-unsaturated/α-hetero) is 1. The Morgan fingerprint density at radius 1 is 1.37 bits per heavy atom. The average molecular weight is 259 g/mol. The van der Waals surface area contributed by atoms with Crippen molar-refractivity contribution in [2.75, 3.05) is 11.9 Å². The molecule has 2 rings (SSSR count). The van der Waals surface area contributed by atoms with Gasteiger partial charge >= 0.3 is 0 Å². The first-order valence-corrected chi connectivity index (χ1v) is 6.93. The summed E-state index contributed by atoms with van der Waals surface area (Å²) in [5.41, 5.74) is 1.88. The van der Waals surface area contributed by atoms with Gasteiger partial charge in [0.15, 0.2) is 5.78 Å². The van der Waals surface area contributed by atoms with Crippen molar-refractivity contribution in [3.8, 4) is 5.75 Å². The van der Waals surface area contributed by atoms with Crippen LogP contribution in [0.3, 0.4) is 0 Å². The third-order valence-electron chi connectivity index (χ3n) is 3.43. The molecule has 0 heterocycles. The summed E-state index contributed by atoms with van der Waals surface area (Å²) in [6.45, 7) is 4.64. The molecule has 1 aromatic carbocycles. The van der Waals surface area contributed by atoms with E-state index in [0.29, 0.717) is 6.61 Å². The van der Waals surface area contributed by atoms with Crippen molar-refractivity contribution in [2.24, 2.45) is 5.92 Å². The average Bonchev–Trinajstić information content (AvgIpc) is 2.42. The van der Waals surface area contributed by atoms with Crippen molar-refractivity contribution in [1.29, 1.82) is 0 Å². The summed E-state index contributed by atoms with van der Waals surface area (Å²) in [7, 11) is 0. The molecule has 0 unspecified atom stereocenters. The third kappa shape index (κ3) is 3.60. The Labute approximate surface area is 114 Å². The zero-order valence-electron chi connectivity index (χ0n) is 11.6. The minimum atomic E-state index is 0.169. The Kier molecular flexibility index (Phi) is 4.61. The van der Waals surface area contributed by atoms with E-state index in [1.807, 2.05) is 44.3 Å². The smallest absolute Gasteiger partial charge is 0.163 e. The highest BCUT2D eigenvalue weighted by molar-refractivity contribution is 5.97. The summed E-state index contributed by atoms with van der Waals surface area (Å²) in [5.74, 6) is 1.31. The summed E-state index contributed by atoms with van der Waals surface area (Å²) in [5, 5.41) is 3.20. The van der Waals surface area contributed by atoms with Crippen LogP contribution in [0.15, 0.2) is 36.0 Å². The molecular weight excluding hydrogens is 238 g/mol. The van der Waals surface area contributed by atoms with Crippen molar-refractivity contribution < 1.29 is 9.53 Å². The molecule has 0 radical (unpaired) electrons. The SMILES string of the molecule is CCOc1ccc(N/C=C2/CCC[C@@H](C)C2=O)cc1. The Bertz CT molecular complexity index is 462. The summed E-state index contributed by atoms with van der Waals surface area (Å²) in [6, 6.07) is 7.77. The number of hydrogen-bond donors (Lipinski definition) is 1. The highest BCUT2D eigenvalue weighted by Crippen LogP contribution is 2.25. The minimum absolute atomic E-state index is 0.169. The molecule has 1 fully saturated rings. The second-order valence-corrected chi connectivity index (χ2v) is 4.93. The molecule has 1 aliphatic rings. The first-order chi connectivity index (χ1) is 9.20. The van der Waals surface area contributed by atoms with Crippen molar-refractivity contribution in [3.05, 3.63) is 36.0 Å². The van der Waals surface area contributed by atoms with Crippen LogP contribution in [0.1, 0.15) is 33.1 Å². The van der Waals surface area contributed by atoms with E-state index in [1.165, 1.54) is 0 Å². The first-order valence-electron chi connectivity index (χ1n) is 6.93. The van der Waals surface area contributed by atoms with Crippen molar-refractivity contribution in [2.45, 2.75) is 33.1 Å². The van der Waals surface area contributed by atoms with E-state index in [9.17, 15) is 4.79 Å². The van der Waals surface area contributed by atoms with Gasteiger partial charge in [-0.1, -0.05) is 6.92 Å². The molecule has 1 saturated carbocycles. The van der Waals surface area contributed by atoms with Gasteiger partial charge in [-0.05, 0) is 50.5 Å². The molecule has 19 heavy (non-hydrogen) atoms. The van der Waals surface area contributed by atoms with Crippen molar-refractivity contribution in [3.63, 3.8) is 0 Å². The lowest BCUT2D eigenvalue weighted by Crippen LogP contribution is -2.19. The van der Waals surface area contributed by atoms with Crippen LogP contribution in [0.2, 0.25) is 0 Å². The van der Waals surface area contributed by atoms with Crippen LogP contribution in [0, 0.1) is 5.92 Å². The first kappa shape index (κ1) is 13.7. The normalized spacial score (nSPS) is 21.5. The monoisotopic (exact) mass is 259 g/mol. The lowest BCUT2D eigenvalue weighted by Gasteiger charge is -2.19. The predicted octanol–water partition coefficient (Wildman–Crippen LogP) is 3.77. The molecule has 0 aliphatic heterocycles. The Morgan fingerprint density at radius 2 is 2.11 bits per heavy atom. The van der Waals surface area contributed by atoms with Gasteiger partial charge < -0.3 is 10.1 Å². The van der Waals surface area contributed by atoms with Crippen LogP contribution in [0.25, 0.3) is 0 Å².